The van der Waals surface area contributed by atoms with E-state index in [-0.39, 0.29) is 0 Å². The van der Waals surface area contributed by atoms with E-state index < -0.39 is 0 Å². The van der Waals surface area contributed by atoms with Crippen LogP contribution in [-0.2, 0) is 0 Å². The van der Waals surface area contributed by atoms with Crippen LogP contribution in [0.25, 0.3) is 5.65 Å². The minimum absolute atomic E-state index is 0.441. The maximum absolute atomic E-state index is 5.72. The highest BCUT2D eigenvalue weighted by molar-refractivity contribution is 9.10. The molecular formula is C12H9BrN4O. The molecule has 0 N–H and O–H groups in total. The van der Waals surface area contributed by atoms with Crippen molar-refractivity contribution >= 4 is 21.6 Å². The van der Waals surface area contributed by atoms with Crippen LogP contribution >= 0.6 is 15.9 Å². The van der Waals surface area contributed by atoms with Crippen molar-refractivity contribution in [2.24, 2.45) is 0 Å². The molecule has 0 fully saturated rings. The lowest BCUT2D eigenvalue weighted by Gasteiger charge is -2.05. The third-order valence-electron chi connectivity index (χ3n) is 2.48. The molecule has 0 saturated carbocycles. The molecule has 0 bridgehead atoms. The molecule has 6 heteroatoms. The van der Waals surface area contributed by atoms with E-state index in [1.165, 1.54) is 0 Å². The van der Waals surface area contributed by atoms with Gasteiger partial charge in [-0.1, -0.05) is 22.0 Å². The zero-order valence-electron chi connectivity index (χ0n) is 9.54. The Bertz CT molecular complexity index is 710. The summed E-state index contributed by atoms with van der Waals surface area (Å²) in [5, 5.41) is 8.05. The number of nitrogens with zero attached hydrogens (tertiary/aromatic N) is 4. The van der Waals surface area contributed by atoms with Gasteiger partial charge in [-0.25, -0.2) is 4.98 Å². The van der Waals surface area contributed by atoms with E-state index in [2.05, 4.69) is 31.1 Å². The van der Waals surface area contributed by atoms with Gasteiger partial charge < -0.3 is 4.74 Å². The van der Waals surface area contributed by atoms with Crippen LogP contribution in [0.1, 0.15) is 5.82 Å². The van der Waals surface area contributed by atoms with Gasteiger partial charge in [0.1, 0.15) is 11.6 Å². The van der Waals surface area contributed by atoms with Crippen LogP contribution in [0.4, 0.5) is 0 Å². The highest BCUT2D eigenvalue weighted by Gasteiger charge is 2.09. The van der Waals surface area contributed by atoms with Crippen LogP contribution in [0.5, 0.6) is 11.6 Å². The monoisotopic (exact) mass is 304 g/mol. The predicted molar refractivity (Wildman–Crippen MR) is 69.7 cm³/mol. The summed E-state index contributed by atoms with van der Waals surface area (Å²) in [5.74, 6) is 1.94. The smallest absolute Gasteiger partial charge is 0.265 e. The average Bonchev–Trinajstić information content (AvgIpc) is 2.73. The predicted octanol–water partition coefficient (Wildman–Crippen LogP) is 2.99. The van der Waals surface area contributed by atoms with Gasteiger partial charge >= 0.3 is 0 Å². The summed E-state index contributed by atoms with van der Waals surface area (Å²) >= 11 is 3.40. The van der Waals surface area contributed by atoms with Gasteiger partial charge in [0.25, 0.3) is 5.88 Å². The fourth-order valence-electron chi connectivity index (χ4n) is 1.63. The molecule has 1 aromatic carbocycles. The van der Waals surface area contributed by atoms with Crippen molar-refractivity contribution in [2.75, 3.05) is 0 Å². The Labute approximate surface area is 112 Å². The van der Waals surface area contributed by atoms with Crippen LogP contribution in [0, 0.1) is 6.92 Å². The van der Waals surface area contributed by atoms with Crippen molar-refractivity contribution in [3.63, 3.8) is 0 Å². The van der Waals surface area contributed by atoms with Crippen molar-refractivity contribution < 1.29 is 4.74 Å². The van der Waals surface area contributed by atoms with Crippen LogP contribution in [-0.4, -0.2) is 19.6 Å². The lowest BCUT2D eigenvalue weighted by molar-refractivity contribution is 0.464. The first kappa shape index (κ1) is 11.2. The summed E-state index contributed by atoms with van der Waals surface area (Å²) in [6.45, 7) is 1.88. The Morgan fingerprint density at radius 1 is 1.28 bits per heavy atom. The second-order valence-electron chi connectivity index (χ2n) is 3.73. The number of fused-ring (bicyclic) bond motifs is 1. The number of ether oxygens (including phenoxy) is 1. The standard InChI is InChI=1S/C12H9BrN4O/c1-8-15-16-11-12(14-5-6-17(8)11)18-10-4-2-3-9(13)7-10/h2-7H,1H3. The molecule has 0 amide bonds. The van der Waals surface area contributed by atoms with Gasteiger partial charge in [0, 0.05) is 16.9 Å². The van der Waals surface area contributed by atoms with Gasteiger partial charge in [-0.05, 0) is 25.1 Å². The molecule has 0 unspecified atom stereocenters. The molecule has 0 spiro atoms. The molecule has 0 atom stereocenters. The summed E-state index contributed by atoms with van der Waals surface area (Å²) in [6.07, 6.45) is 3.47. The number of aromatic nitrogens is 4. The third kappa shape index (κ3) is 1.95. The maximum atomic E-state index is 5.72. The zero-order valence-corrected chi connectivity index (χ0v) is 11.1. The summed E-state index contributed by atoms with van der Waals surface area (Å²) in [6, 6.07) is 7.56. The van der Waals surface area contributed by atoms with E-state index in [9.17, 15) is 0 Å². The fourth-order valence-corrected chi connectivity index (χ4v) is 2.01. The van der Waals surface area contributed by atoms with Gasteiger partial charge in [-0.2, -0.15) is 0 Å². The number of halogens is 1. The zero-order chi connectivity index (χ0) is 12.5. The molecule has 0 aliphatic heterocycles. The molecule has 18 heavy (non-hydrogen) atoms. The molecule has 0 saturated heterocycles. The maximum Gasteiger partial charge on any atom is 0.265 e. The minimum Gasteiger partial charge on any atom is -0.436 e. The summed E-state index contributed by atoms with van der Waals surface area (Å²) < 4.78 is 8.50. The highest BCUT2D eigenvalue weighted by atomic mass is 79.9. The largest absolute Gasteiger partial charge is 0.436 e. The van der Waals surface area contributed by atoms with E-state index in [1.807, 2.05) is 35.6 Å². The van der Waals surface area contributed by atoms with Gasteiger partial charge in [0.05, 0.1) is 0 Å². The molecule has 0 aliphatic carbocycles. The van der Waals surface area contributed by atoms with Crippen LogP contribution in [0.2, 0.25) is 0 Å². The number of hydrogen-bond donors (Lipinski definition) is 0. The fraction of sp³-hybridized carbons (Fsp3) is 0.0833. The number of benzene rings is 1. The lowest BCUT2D eigenvalue weighted by atomic mass is 10.3. The summed E-state index contributed by atoms with van der Waals surface area (Å²) in [5.41, 5.74) is 0.606. The second-order valence-corrected chi connectivity index (χ2v) is 4.65. The van der Waals surface area contributed by atoms with Crippen molar-refractivity contribution in [3.05, 3.63) is 47.0 Å². The molecule has 2 aromatic heterocycles. The molecule has 3 aromatic rings. The Kier molecular flexibility index (Phi) is 2.71. The highest BCUT2D eigenvalue weighted by Crippen LogP contribution is 2.25. The first-order valence-corrected chi connectivity index (χ1v) is 6.13. The number of aryl methyl sites for hydroxylation is 1. The van der Waals surface area contributed by atoms with Crippen molar-refractivity contribution in [1.29, 1.82) is 0 Å². The van der Waals surface area contributed by atoms with Gasteiger partial charge in [0.2, 0.25) is 5.65 Å². The van der Waals surface area contributed by atoms with E-state index in [0.29, 0.717) is 17.3 Å². The number of hydrogen-bond acceptors (Lipinski definition) is 4. The van der Waals surface area contributed by atoms with Crippen molar-refractivity contribution in [1.82, 2.24) is 19.6 Å². The average molecular weight is 305 g/mol. The van der Waals surface area contributed by atoms with E-state index in [0.717, 1.165) is 10.3 Å². The molecular weight excluding hydrogens is 296 g/mol. The second kappa shape index (κ2) is 4.38. The van der Waals surface area contributed by atoms with Crippen LogP contribution < -0.4 is 4.74 Å². The van der Waals surface area contributed by atoms with E-state index in [4.69, 9.17) is 4.74 Å². The Hall–Kier alpha value is -1.95. The van der Waals surface area contributed by atoms with Crippen molar-refractivity contribution in [2.45, 2.75) is 6.92 Å². The molecule has 5 nitrogen and oxygen atoms in total. The number of rotatable bonds is 2. The third-order valence-corrected chi connectivity index (χ3v) is 2.97. The van der Waals surface area contributed by atoms with Crippen LogP contribution in [0.3, 0.4) is 0 Å². The Balaban J connectivity index is 2.05. The normalized spacial score (nSPS) is 10.8. The quantitative estimate of drug-likeness (QED) is 0.730. The molecule has 90 valence electrons. The van der Waals surface area contributed by atoms with Gasteiger partial charge in [0.15, 0.2) is 0 Å². The topological polar surface area (TPSA) is 52.3 Å². The summed E-state index contributed by atoms with van der Waals surface area (Å²) in [7, 11) is 0. The molecule has 0 aliphatic rings. The SMILES string of the molecule is Cc1nnc2c(Oc3cccc(Br)c3)nccn12. The van der Waals surface area contributed by atoms with E-state index in [1.54, 1.807) is 12.4 Å². The van der Waals surface area contributed by atoms with Crippen molar-refractivity contribution in [3.8, 4) is 11.6 Å². The van der Waals surface area contributed by atoms with Gasteiger partial charge in [-0.15, -0.1) is 10.2 Å². The first-order valence-electron chi connectivity index (χ1n) is 5.34. The minimum atomic E-state index is 0.441. The van der Waals surface area contributed by atoms with E-state index >= 15 is 0 Å². The Morgan fingerprint density at radius 3 is 3.00 bits per heavy atom. The molecule has 3 rings (SSSR count). The first-order chi connectivity index (χ1) is 8.74. The molecule has 2 heterocycles. The van der Waals surface area contributed by atoms with Gasteiger partial charge in [-0.3, -0.25) is 4.40 Å². The summed E-state index contributed by atoms with van der Waals surface area (Å²) in [4.78, 5) is 4.18. The lowest BCUT2D eigenvalue weighted by Crippen LogP contribution is -1.94. The van der Waals surface area contributed by atoms with Crippen LogP contribution in [0.15, 0.2) is 41.1 Å². The Morgan fingerprint density at radius 2 is 2.17 bits per heavy atom. The molecule has 0 radical (unpaired) electrons.